The van der Waals surface area contributed by atoms with Gasteiger partial charge in [0.15, 0.2) is 5.92 Å². The Bertz CT molecular complexity index is 219. The number of methoxy groups -OCH3 is 1. The number of hydrogen-bond acceptors (Lipinski definition) is 4. The van der Waals surface area contributed by atoms with Crippen LogP contribution in [0, 0.1) is 5.92 Å². The molecule has 0 aromatic carbocycles. The molecule has 0 spiro atoms. The number of carboxylic acids is 1. The number of rotatable bonds is 7. The molecule has 0 aliphatic heterocycles. The maximum Gasteiger partial charge on any atom is 0.320 e. The van der Waals surface area contributed by atoms with Crippen molar-refractivity contribution in [1.82, 2.24) is 0 Å². The van der Waals surface area contributed by atoms with Crippen molar-refractivity contribution in [3.63, 3.8) is 0 Å². The largest absolute Gasteiger partial charge is 0.481 e. The van der Waals surface area contributed by atoms with Crippen molar-refractivity contribution in [3.8, 4) is 0 Å². The van der Waals surface area contributed by atoms with Crippen LogP contribution >= 0.6 is 12.4 Å². The minimum atomic E-state index is -1.17. The van der Waals surface area contributed by atoms with Crippen molar-refractivity contribution in [3.05, 3.63) is 0 Å². The molecular weight excluding hydrogens is 236 g/mol. The Morgan fingerprint density at radius 2 is 1.94 bits per heavy atom. The summed E-state index contributed by atoms with van der Waals surface area (Å²) in [5, 5.41) is 8.80. The van der Waals surface area contributed by atoms with Gasteiger partial charge >= 0.3 is 11.9 Å². The summed E-state index contributed by atoms with van der Waals surface area (Å²) in [4.78, 5) is 22.2. The highest BCUT2D eigenvalue weighted by atomic mass is 35.5. The fourth-order valence-corrected chi connectivity index (χ4v) is 0.942. The Balaban J connectivity index is 0. The molecule has 0 aromatic rings. The summed E-state index contributed by atoms with van der Waals surface area (Å²) in [6.07, 6.45) is 0.561. The van der Waals surface area contributed by atoms with Crippen LogP contribution in [0.25, 0.3) is 0 Å². The Morgan fingerprint density at radius 3 is 2.31 bits per heavy atom. The first-order chi connectivity index (χ1) is 7.02. The molecule has 1 N–H and O–H groups in total. The predicted molar refractivity (Wildman–Crippen MR) is 60.7 cm³/mol. The van der Waals surface area contributed by atoms with E-state index in [9.17, 15) is 9.59 Å². The second-order valence-electron chi connectivity index (χ2n) is 3.33. The number of ether oxygens (including phenoxy) is 2. The molecule has 2 unspecified atom stereocenters. The Labute approximate surface area is 102 Å². The lowest BCUT2D eigenvalue weighted by atomic mass is 10.1. The topological polar surface area (TPSA) is 72.8 Å². The van der Waals surface area contributed by atoms with Gasteiger partial charge in [0, 0.05) is 13.7 Å². The molecule has 0 bridgehead atoms. The molecule has 96 valence electrons. The highest BCUT2D eigenvalue weighted by Crippen LogP contribution is 2.09. The number of carboxylic acid groups (broad SMARTS) is 1. The fourth-order valence-electron chi connectivity index (χ4n) is 0.942. The lowest BCUT2D eigenvalue weighted by molar-refractivity contribution is -0.162. The molecule has 6 heteroatoms. The highest BCUT2D eigenvalue weighted by Gasteiger charge is 2.28. The first-order valence-corrected chi connectivity index (χ1v) is 4.95. The van der Waals surface area contributed by atoms with Crippen LogP contribution in [0.1, 0.15) is 26.7 Å². The van der Waals surface area contributed by atoms with E-state index >= 15 is 0 Å². The molecular formula is C10H19ClO5. The molecule has 0 amide bonds. The Morgan fingerprint density at radius 1 is 1.38 bits per heavy atom. The third kappa shape index (κ3) is 6.63. The number of aliphatic carboxylic acids is 1. The molecule has 5 nitrogen and oxygen atoms in total. The van der Waals surface area contributed by atoms with E-state index in [0.717, 1.165) is 0 Å². The lowest BCUT2D eigenvalue weighted by Gasteiger charge is -2.15. The number of carbonyl (C=O) groups excluding carboxylic acids is 1. The van der Waals surface area contributed by atoms with Crippen molar-refractivity contribution in [2.45, 2.75) is 32.8 Å². The monoisotopic (exact) mass is 254 g/mol. The van der Waals surface area contributed by atoms with E-state index in [1.165, 1.54) is 7.11 Å². The molecule has 0 fully saturated rings. The summed E-state index contributed by atoms with van der Waals surface area (Å²) < 4.78 is 9.68. The zero-order valence-corrected chi connectivity index (χ0v) is 10.6. The van der Waals surface area contributed by atoms with Gasteiger partial charge in [-0.3, -0.25) is 9.59 Å². The van der Waals surface area contributed by atoms with Crippen LogP contribution in [0.2, 0.25) is 0 Å². The van der Waals surface area contributed by atoms with Gasteiger partial charge in [0.25, 0.3) is 0 Å². The van der Waals surface area contributed by atoms with Gasteiger partial charge < -0.3 is 14.6 Å². The zero-order valence-electron chi connectivity index (χ0n) is 9.76. The molecule has 0 rings (SSSR count). The molecule has 0 radical (unpaired) electrons. The molecule has 16 heavy (non-hydrogen) atoms. The van der Waals surface area contributed by atoms with Crippen molar-refractivity contribution in [2.24, 2.45) is 5.92 Å². The molecule has 0 aliphatic rings. The van der Waals surface area contributed by atoms with E-state index in [2.05, 4.69) is 0 Å². The van der Waals surface area contributed by atoms with E-state index in [0.29, 0.717) is 6.42 Å². The number of halogens is 1. The van der Waals surface area contributed by atoms with Crippen LogP contribution in [0.4, 0.5) is 0 Å². The van der Waals surface area contributed by atoms with Crippen LogP contribution in [0.3, 0.4) is 0 Å². The van der Waals surface area contributed by atoms with Gasteiger partial charge in [0.05, 0.1) is 6.10 Å². The molecule has 2 atom stereocenters. The third-order valence-electron chi connectivity index (χ3n) is 2.09. The number of esters is 1. The summed E-state index contributed by atoms with van der Waals surface area (Å²) in [7, 11) is 1.46. The summed E-state index contributed by atoms with van der Waals surface area (Å²) in [6, 6.07) is 0. The van der Waals surface area contributed by atoms with E-state index in [1.807, 2.05) is 6.92 Å². The Hall–Kier alpha value is -0.810. The smallest absolute Gasteiger partial charge is 0.320 e. The maximum absolute atomic E-state index is 11.4. The molecule has 0 heterocycles. The van der Waals surface area contributed by atoms with Gasteiger partial charge in [-0.1, -0.05) is 6.92 Å². The quantitative estimate of drug-likeness (QED) is 0.550. The predicted octanol–water partition coefficient (Wildman–Crippen LogP) is 1.49. The van der Waals surface area contributed by atoms with Gasteiger partial charge in [0.2, 0.25) is 0 Å². The minimum Gasteiger partial charge on any atom is -0.481 e. The molecule has 0 aromatic heterocycles. The number of hydrogen-bond donors (Lipinski definition) is 1. The molecule has 0 aliphatic carbocycles. The van der Waals surface area contributed by atoms with Crippen LogP contribution in [-0.4, -0.2) is 36.9 Å². The molecule has 0 saturated heterocycles. The van der Waals surface area contributed by atoms with Gasteiger partial charge in [-0.25, -0.2) is 0 Å². The highest BCUT2D eigenvalue weighted by molar-refractivity contribution is 5.93. The summed E-state index contributed by atoms with van der Waals surface area (Å²) in [5.41, 5.74) is 0. The second-order valence-corrected chi connectivity index (χ2v) is 3.33. The van der Waals surface area contributed by atoms with Crippen molar-refractivity contribution < 1.29 is 24.2 Å². The minimum absolute atomic E-state index is 0. The van der Waals surface area contributed by atoms with Gasteiger partial charge in [-0.15, -0.1) is 12.4 Å². The van der Waals surface area contributed by atoms with Gasteiger partial charge in [-0.2, -0.15) is 0 Å². The van der Waals surface area contributed by atoms with E-state index < -0.39 is 17.9 Å². The van der Waals surface area contributed by atoms with E-state index in [4.69, 9.17) is 14.6 Å². The zero-order chi connectivity index (χ0) is 11.8. The summed E-state index contributed by atoms with van der Waals surface area (Å²) in [6.45, 7) is 3.82. The first-order valence-electron chi connectivity index (χ1n) is 4.95. The van der Waals surface area contributed by atoms with Crippen LogP contribution in [0.5, 0.6) is 0 Å². The molecule has 0 saturated carbocycles. The van der Waals surface area contributed by atoms with Crippen LogP contribution in [-0.2, 0) is 19.1 Å². The van der Waals surface area contributed by atoms with Crippen molar-refractivity contribution in [1.29, 1.82) is 0 Å². The van der Waals surface area contributed by atoms with Gasteiger partial charge in [0.1, 0.15) is 0 Å². The normalized spacial score (nSPS) is 13.4. The Kier molecular flexibility index (Phi) is 10.3. The third-order valence-corrected chi connectivity index (χ3v) is 2.09. The van der Waals surface area contributed by atoms with Gasteiger partial charge in [-0.05, 0) is 19.8 Å². The van der Waals surface area contributed by atoms with Crippen molar-refractivity contribution in [2.75, 3.05) is 13.7 Å². The van der Waals surface area contributed by atoms with E-state index in [-0.39, 0.29) is 31.5 Å². The van der Waals surface area contributed by atoms with E-state index in [1.54, 1.807) is 6.92 Å². The standard InChI is InChI=1S/C10H18O5.ClH/c1-4-7(2)15-10(13)8(9(11)12)5-6-14-3;/h7-8H,4-6H2,1-3H3,(H,11,12);1H. The van der Waals surface area contributed by atoms with Crippen LogP contribution < -0.4 is 0 Å². The second kappa shape index (κ2) is 9.42. The first kappa shape index (κ1) is 17.6. The number of carbonyl (C=O) groups is 2. The fraction of sp³-hybridized carbons (Fsp3) is 0.800. The van der Waals surface area contributed by atoms with Crippen molar-refractivity contribution >= 4 is 24.3 Å². The summed E-state index contributed by atoms with van der Waals surface area (Å²) >= 11 is 0. The van der Waals surface area contributed by atoms with Crippen LogP contribution in [0.15, 0.2) is 0 Å². The maximum atomic E-state index is 11.4. The summed E-state index contributed by atoms with van der Waals surface area (Å²) in [5.74, 6) is -2.98. The SMILES string of the molecule is CCC(C)OC(=O)C(CCOC)C(=O)O.Cl. The lowest BCUT2D eigenvalue weighted by Crippen LogP contribution is -2.29. The average Bonchev–Trinajstić information content (AvgIpc) is 2.17. The average molecular weight is 255 g/mol.